The molecule has 20 nitrogen and oxygen atoms in total. The molecule has 5 bridgehead atoms. The number of aromatic hydroxyl groups is 3. The molecule has 402 valence electrons. The number of amides is 1. The number of aliphatic hydroxyl groups excluding tert-OH is 3. The maximum Gasteiger partial charge on any atom is 0.312 e. The molecule has 21 heteroatoms. The Morgan fingerprint density at radius 2 is 1.68 bits per heavy atom. The van der Waals surface area contributed by atoms with Crippen LogP contribution in [0.3, 0.4) is 0 Å². The number of aryl methyl sites for hydroxylation is 1. The third-order valence-corrected chi connectivity index (χ3v) is 14.6. The predicted octanol–water partition coefficient (Wildman–Crippen LogP) is 6.31. The van der Waals surface area contributed by atoms with Crippen molar-refractivity contribution >= 4 is 62.9 Å². The molecule has 0 saturated carbocycles. The number of hydrazone groups is 1. The van der Waals surface area contributed by atoms with Gasteiger partial charge in [0.1, 0.15) is 34.8 Å². The number of halogens is 1. The van der Waals surface area contributed by atoms with Crippen LogP contribution in [0.2, 0.25) is 0 Å². The first-order valence-corrected chi connectivity index (χ1v) is 24.6. The molecule has 0 radical (unpaired) electrons. The average molecular weight is 1040 g/mol. The largest absolute Gasteiger partial charge is 0.508 e. The van der Waals surface area contributed by atoms with Crippen LogP contribution in [0.1, 0.15) is 82.4 Å². The van der Waals surface area contributed by atoms with Crippen molar-refractivity contribution in [2.45, 2.75) is 99.1 Å². The summed E-state index contributed by atoms with van der Waals surface area (Å²) in [4.78, 5) is 60.4. The number of hydrogen-bond donors (Lipinski definition) is 7. The lowest BCUT2D eigenvalue weighted by atomic mass is 9.78. The summed E-state index contributed by atoms with van der Waals surface area (Å²) in [6.45, 7) is 18.6. The molecule has 0 unspecified atom stereocenters. The fraction of sp³-hybridized carbons (Fsp3) is 0.444. The summed E-state index contributed by atoms with van der Waals surface area (Å²) in [5.41, 5.74) is -1.33. The van der Waals surface area contributed by atoms with Crippen LogP contribution < -0.4 is 20.4 Å². The van der Waals surface area contributed by atoms with Crippen LogP contribution in [0, 0.1) is 36.4 Å². The molecule has 9 atom stereocenters. The molecule has 1 fully saturated rings. The van der Waals surface area contributed by atoms with Gasteiger partial charge in [0.05, 0.1) is 77.0 Å². The molecule has 2 aromatic carbocycles. The summed E-state index contributed by atoms with van der Waals surface area (Å²) in [7, 11) is 1.41. The monoisotopic (exact) mass is 1040 g/mol. The van der Waals surface area contributed by atoms with Crippen molar-refractivity contribution in [2.75, 3.05) is 43.5 Å². The van der Waals surface area contributed by atoms with Crippen molar-refractivity contribution in [3.63, 3.8) is 0 Å². The van der Waals surface area contributed by atoms with Gasteiger partial charge in [-0.2, -0.15) is 5.10 Å². The zero-order chi connectivity index (χ0) is 55.1. The van der Waals surface area contributed by atoms with Crippen LogP contribution in [0.25, 0.3) is 27.6 Å². The van der Waals surface area contributed by atoms with E-state index in [4.69, 9.17) is 18.9 Å². The van der Waals surface area contributed by atoms with E-state index in [1.54, 1.807) is 55.2 Å². The Labute approximate surface area is 432 Å². The number of methoxy groups -OCH3 is 1. The van der Waals surface area contributed by atoms with Gasteiger partial charge < -0.3 is 64.4 Å². The number of piperazine rings is 1. The van der Waals surface area contributed by atoms with E-state index in [2.05, 4.69) is 22.0 Å². The Bertz CT molecular complexity index is 3140. The number of carbonyl (C=O) groups is 3. The number of benzene rings is 2. The number of Topliss-reactive ketones (excluding diaryl/α,β-unsaturated/α-hetero) is 1. The lowest BCUT2D eigenvalue weighted by molar-refractivity contribution is -0.160. The minimum absolute atomic E-state index is 0.0121. The zero-order valence-corrected chi connectivity index (χ0v) is 43.5. The Kier molecular flexibility index (Phi) is 16.0. The maximum atomic E-state index is 15.8. The van der Waals surface area contributed by atoms with E-state index in [1.165, 1.54) is 65.4 Å². The Balaban J connectivity index is 1.30. The molecule has 75 heavy (non-hydrogen) atoms. The maximum absolute atomic E-state index is 15.8. The van der Waals surface area contributed by atoms with Crippen LogP contribution in [0.4, 0.5) is 15.9 Å². The molecule has 0 spiro atoms. The number of fused-ring (bicyclic) bond motifs is 15. The van der Waals surface area contributed by atoms with Crippen LogP contribution in [-0.2, 0) is 30.3 Å². The topological polar surface area (TPSA) is 275 Å². The van der Waals surface area contributed by atoms with E-state index in [1.807, 2.05) is 0 Å². The van der Waals surface area contributed by atoms with Gasteiger partial charge in [-0.25, -0.2) is 9.37 Å². The summed E-state index contributed by atoms with van der Waals surface area (Å²) in [6.07, 6.45) is 5.74. The summed E-state index contributed by atoms with van der Waals surface area (Å²) in [5.74, 6) is -10.5. The van der Waals surface area contributed by atoms with E-state index in [0.29, 0.717) is 6.54 Å². The second-order valence-corrected chi connectivity index (χ2v) is 19.6. The number of carbonyl (C=O) groups excluding carboxylic acids is 3. The number of nitrogens with zero attached hydrogens (tertiary/aromatic N) is 5. The fourth-order valence-corrected chi connectivity index (χ4v) is 9.98. The zero-order valence-electron chi connectivity index (χ0n) is 43.5. The number of ketones is 1. The number of hydrogen-bond acceptors (Lipinski definition) is 18. The third kappa shape index (κ3) is 10.4. The van der Waals surface area contributed by atoms with Gasteiger partial charge in [0.2, 0.25) is 5.43 Å². The molecule has 4 aliphatic heterocycles. The number of pyridine rings is 2. The number of aromatic nitrogens is 2. The highest BCUT2D eigenvalue weighted by atomic mass is 19.1. The fourth-order valence-electron chi connectivity index (χ4n) is 9.98. The highest BCUT2D eigenvalue weighted by Gasteiger charge is 2.50. The van der Waals surface area contributed by atoms with Crippen LogP contribution in [-0.4, -0.2) is 133 Å². The molecule has 8 rings (SSSR count). The molecular formula is C54H65FN6O14. The summed E-state index contributed by atoms with van der Waals surface area (Å²) in [6, 6.07) is 1.08. The van der Waals surface area contributed by atoms with Crippen molar-refractivity contribution in [1.82, 2.24) is 14.6 Å². The second kappa shape index (κ2) is 21.8. The predicted molar refractivity (Wildman–Crippen MR) is 278 cm³/mol. The first-order chi connectivity index (χ1) is 35.4. The van der Waals surface area contributed by atoms with Gasteiger partial charge >= 0.3 is 11.8 Å². The first kappa shape index (κ1) is 55.3. The molecular weight excluding hydrogens is 976 g/mol. The minimum Gasteiger partial charge on any atom is -0.508 e. The number of anilines is 2. The number of allylic oxidation sites excluding steroid dienone is 2. The van der Waals surface area contributed by atoms with Gasteiger partial charge in [0.15, 0.2) is 17.4 Å². The summed E-state index contributed by atoms with van der Waals surface area (Å²) >= 11 is 0. The van der Waals surface area contributed by atoms with Crippen LogP contribution in [0.15, 0.2) is 64.9 Å². The van der Waals surface area contributed by atoms with Gasteiger partial charge in [0.25, 0.3) is 11.7 Å². The molecule has 4 aromatic rings. The highest BCUT2D eigenvalue weighted by molar-refractivity contribution is 6.24. The molecule has 2 aromatic heterocycles. The summed E-state index contributed by atoms with van der Waals surface area (Å²) < 4.78 is 41.1. The molecule has 6 heterocycles. The van der Waals surface area contributed by atoms with E-state index >= 15 is 4.39 Å². The number of phenols is 3. The lowest BCUT2D eigenvalue weighted by Gasteiger charge is -2.38. The van der Waals surface area contributed by atoms with E-state index in [9.17, 15) is 49.8 Å². The Hall–Kier alpha value is -7.49. The number of aliphatic hydroxyl groups is 3. The molecule has 1 saturated heterocycles. The number of esters is 1. The van der Waals surface area contributed by atoms with Crippen LogP contribution >= 0.6 is 0 Å². The van der Waals surface area contributed by atoms with Crippen molar-refractivity contribution in [3.8, 4) is 23.0 Å². The van der Waals surface area contributed by atoms with Crippen molar-refractivity contribution in [3.05, 3.63) is 93.3 Å². The number of ether oxygens (including phenoxy) is 4. The second-order valence-electron chi connectivity index (χ2n) is 19.6. The minimum atomic E-state index is -2.14. The SMILES string of the molecule is C=C(O)c1cn(CC)c2nc(N3CCN(/N=C\c4c5c(O)c6c(O)c(C)c7c(c6c4O)C(=O)[C@@](C)(O/C=C/[C@H](OC)[C@@H](C)[C@@H](OC(C)=O)[C@H](C)[C@H](O)[C@H](C)[C@@H](O)[C@@H](C)/C=C/C=C(/C)C(=O)N5)O7)CC3)c(F)cc2c1=O. The quantitative estimate of drug-likeness (QED) is 0.0351. The van der Waals surface area contributed by atoms with Gasteiger partial charge in [-0.3, -0.25) is 24.2 Å². The van der Waals surface area contributed by atoms with E-state index < -0.39 is 111 Å². The van der Waals surface area contributed by atoms with E-state index in [-0.39, 0.29) is 87.7 Å². The van der Waals surface area contributed by atoms with Crippen molar-refractivity contribution < 1.29 is 68.4 Å². The normalized spacial score (nSPS) is 27.5. The van der Waals surface area contributed by atoms with Crippen molar-refractivity contribution in [1.29, 1.82) is 0 Å². The van der Waals surface area contributed by atoms with E-state index in [0.717, 1.165) is 12.3 Å². The van der Waals surface area contributed by atoms with Gasteiger partial charge in [-0.1, -0.05) is 52.5 Å². The van der Waals surface area contributed by atoms with Gasteiger partial charge in [0, 0.05) is 87.0 Å². The third-order valence-electron chi connectivity index (χ3n) is 14.6. The summed E-state index contributed by atoms with van der Waals surface area (Å²) in [5, 5.41) is 77.4. The molecule has 0 aliphatic carbocycles. The van der Waals surface area contributed by atoms with Crippen LogP contribution in [0.5, 0.6) is 23.0 Å². The number of nitrogens with one attached hydrogen (secondary N) is 1. The molecule has 1 amide bonds. The van der Waals surface area contributed by atoms with Gasteiger partial charge in [-0.15, -0.1) is 0 Å². The lowest BCUT2D eigenvalue weighted by Crippen LogP contribution is -2.46. The van der Waals surface area contributed by atoms with Gasteiger partial charge in [-0.05, 0) is 32.9 Å². The standard InChI is InChI=1S/C54H65FN6O14/c1-12-59-24-35(31(8)62)45(67)33-22-36(55)52(58-51(33)59)60-17-19-61(20-18-60)56-23-34-41-47(69)39-38(46(34)68)40-49(30(7)44(39)66)75-54(10,50(40)70)73-21-16-37(72-11)27(4)48(74-32(9)63)29(6)43(65)28(5)42(64)25(2)14-13-15-26(3)53(71)57-41/h13-16,21-25,27-29,37,42-43,48,62,64-66,68-69H,8,12,17-20H2,1-7,9-11H3,(H,57,71)/b14-13+,21-16+,26-15-,56-23-/t25-,27+,28+,29+,37-,42-,43+,48+,54-/m0/s1. The average Bonchev–Trinajstić information content (AvgIpc) is 3.64. The molecule has 7 N–H and O–H groups in total. The Morgan fingerprint density at radius 3 is 2.31 bits per heavy atom. The van der Waals surface area contributed by atoms with Crippen molar-refractivity contribution in [2.24, 2.45) is 28.8 Å². The smallest absolute Gasteiger partial charge is 0.312 e. The number of rotatable bonds is 7. The Morgan fingerprint density at radius 1 is 1.00 bits per heavy atom. The highest BCUT2D eigenvalue weighted by Crippen LogP contribution is 2.55. The first-order valence-electron chi connectivity index (χ1n) is 24.6. The number of phenolic OH excluding ortho intramolecular Hbond substituents is 3. The molecule has 4 aliphatic rings.